The Kier molecular flexibility index (Phi) is 5.90. The normalized spacial score (nSPS) is 10.4. The van der Waals surface area contributed by atoms with Crippen LogP contribution in [0, 0.1) is 13.8 Å². The van der Waals surface area contributed by atoms with Gasteiger partial charge in [0.05, 0.1) is 17.8 Å². The molecule has 4 heteroatoms. The van der Waals surface area contributed by atoms with Crippen molar-refractivity contribution < 1.29 is 9.59 Å². The first kappa shape index (κ1) is 19.4. The molecule has 3 aromatic carbocycles. The highest BCUT2D eigenvalue weighted by atomic mass is 16.2. The fourth-order valence-electron chi connectivity index (χ4n) is 3.18. The van der Waals surface area contributed by atoms with E-state index in [4.69, 9.17) is 0 Å². The largest absolute Gasteiger partial charge is 0.322 e. The standard InChI is InChI=1S/C24H24N2O2/c1-17-13-14-22(18(2)15-17)25-24(28)21-11-7-8-12-23(21)26(19(3)27)16-20-9-5-4-6-10-20/h4-15H,16H2,1-3H3,(H,25,28). The van der Waals surface area contributed by atoms with Crippen LogP contribution in [-0.2, 0) is 11.3 Å². The van der Waals surface area contributed by atoms with Crippen molar-refractivity contribution >= 4 is 23.2 Å². The Bertz CT molecular complexity index is 996. The molecule has 0 aromatic heterocycles. The number of nitrogens with zero attached hydrogens (tertiary/aromatic N) is 1. The summed E-state index contributed by atoms with van der Waals surface area (Å²) >= 11 is 0. The predicted molar refractivity (Wildman–Crippen MR) is 114 cm³/mol. The molecule has 0 bridgehead atoms. The third-order valence-corrected chi connectivity index (χ3v) is 4.63. The van der Waals surface area contributed by atoms with Crippen molar-refractivity contribution in [3.63, 3.8) is 0 Å². The number of rotatable bonds is 5. The van der Waals surface area contributed by atoms with Crippen LogP contribution in [0.5, 0.6) is 0 Å². The molecule has 0 spiro atoms. The van der Waals surface area contributed by atoms with Gasteiger partial charge in [0.1, 0.15) is 0 Å². The lowest BCUT2D eigenvalue weighted by Gasteiger charge is -2.24. The number of carbonyl (C=O) groups excluding carboxylic acids is 2. The molecule has 0 aliphatic rings. The first-order valence-electron chi connectivity index (χ1n) is 9.25. The summed E-state index contributed by atoms with van der Waals surface area (Å²) in [5.41, 5.74) is 4.97. The second kappa shape index (κ2) is 8.53. The Morgan fingerprint density at radius 2 is 1.57 bits per heavy atom. The molecule has 142 valence electrons. The monoisotopic (exact) mass is 372 g/mol. The molecule has 0 aliphatic heterocycles. The summed E-state index contributed by atoms with van der Waals surface area (Å²) in [7, 11) is 0. The number of nitrogens with one attached hydrogen (secondary N) is 1. The molecular weight excluding hydrogens is 348 g/mol. The van der Waals surface area contributed by atoms with Crippen LogP contribution >= 0.6 is 0 Å². The second-order valence-electron chi connectivity index (χ2n) is 6.88. The van der Waals surface area contributed by atoms with Gasteiger partial charge in [-0.3, -0.25) is 9.59 Å². The molecule has 28 heavy (non-hydrogen) atoms. The van der Waals surface area contributed by atoms with Gasteiger partial charge in [0.2, 0.25) is 5.91 Å². The van der Waals surface area contributed by atoms with Crippen LogP contribution in [0.15, 0.2) is 72.8 Å². The molecule has 0 aliphatic carbocycles. The van der Waals surface area contributed by atoms with Gasteiger partial charge >= 0.3 is 0 Å². The van der Waals surface area contributed by atoms with Gasteiger partial charge in [-0.15, -0.1) is 0 Å². The first-order valence-corrected chi connectivity index (χ1v) is 9.25. The van der Waals surface area contributed by atoms with Gasteiger partial charge in [0.15, 0.2) is 0 Å². The summed E-state index contributed by atoms with van der Waals surface area (Å²) in [6.07, 6.45) is 0. The smallest absolute Gasteiger partial charge is 0.257 e. The van der Waals surface area contributed by atoms with Crippen LogP contribution < -0.4 is 10.2 Å². The van der Waals surface area contributed by atoms with Crippen LogP contribution in [0.25, 0.3) is 0 Å². The summed E-state index contributed by atoms with van der Waals surface area (Å²) in [4.78, 5) is 27.0. The van der Waals surface area contributed by atoms with Gasteiger partial charge < -0.3 is 10.2 Å². The molecule has 0 atom stereocenters. The maximum atomic E-state index is 13.0. The predicted octanol–water partition coefficient (Wildman–Crippen LogP) is 5.11. The average Bonchev–Trinajstić information content (AvgIpc) is 2.69. The molecule has 0 unspecified atom stereocenters. The van der Waals surface area contributed by atoms with E-state index in [1.807, 2.05) is 68.4 Å². The average molecular weight is 372 g/mol. The van der Waals surface area contributed by atoms with Crippen molar-refractivity contribution in [1.29, 1.82) is 0 Å². The van der Waals surface area contributed by atoms with Crippen LogP contribution in [0.3, 0.4) is 0 Å². The Morgan fingerprint density at radius 3 is 2.25 bits per heavy atom. The summed E-state index contributed by atoms with van der Waals surface area (Å²) in [5, 5.41) is 2.97. The van der Waals surface area contributed by atoms with Crippen molar-refractivity contribution in [3.8, 4) is 0 Å². The van der Waals surface area contributed by atoms with Crippen LogP contribution in [0.1, 0.15) is 34.0 Å². The lowest BCUT2D eigenvalue weighted by Crippen LogP contribution is -2.30. The Morgan fingerprint density at radius 1 is 0.893 bits per heavy atom. The molecule has 2 amide bonds. The third-order valence-electron chi connectivity index (χ3n) is 4.63. The van der Waals surface area contributed by atoms with Gasteiger partial charge in [0.25, 0.3) is 5.91 Å². The van der Waals surface area contributed by atoms with Crippen molar-refractivity contribution in [1.82, 2.24) is 0 Å². The molecule has 4 nitrogen and oxygen atoms in total. The maximum Gasteiger partial charge on any atom is 0.257 e. The number of benzene rings is 3. The topological polar surface area (TPSA) is 49.4 Å². The van der Waals surface area contributed by atoms with Crippen molar-refractivity contribution in [2.24, 2.45) is 0 Å². The van der Waals surface area contributed by atoms with Crippen LogP contribution in [0.4, 0.5) is 11.4 Å². The molecule has 1 N–H and O–H groups in total. The molecular formula is C24H24N2O2. The van der Waals surface area contributed by atoms with E-state index in [0.29, 0.717) is 17.8 Å². The van der Waals surface area contributed by atoms with Crippen molar-refractivity contribution in [2.45, 2.75) is 27.3 Å². The highest BCUT2D eigenvalue weighted by Gasteiger charge is 2.20. The van der Waals surface area contributed by atoms with Crippen molar-refractivity contribution in [2.75, 3.05) is 10.2 Å². The highest BCUT2D eigenvalue weighted by Crippen LogP contribution is 2.25. The number of carbonyl (C=O) groups is 2. The molecule has 3 rings (SSSR count). The minimum atomic E-state index is -0.234. The number of para-hydroxylation sites is 1. The minimum Gasteiger partial charge on any atom is -0.322 e. The number of anilines is 2. The number of hydrogen-bond acceptors (Lipinski definition) is 2. The molecule has 3 aromatic rings. The zero-order valence-corrected chi connectivity index (χ0v) is 16.4. The summed E-state index contributed by atoms with van der Waals surface area (Å²) in [6, 6.07) is 22.8. The fourth-order valence-corrected chi connectivity index (χ4v) is 3.18. The number of hydrogen-bond donors (Lipinski definition) is 1. The molecule has 0 fully saturated rings. The zero-order valence-electron chi connectivity index (χ0n) is 16.4. The quantitative estimate of drug-likeness (QED) is 0.677. The van der Waals surface area contributed by atoms with Crippen molar-refractivity contribution in [3.05, 3.63) is 95.1 Å². The maximum absolute atomic E-state index is 13.0. The SMILES string of the molecule is CC(=O)N(Cc1ccccc1)c1ccccc1C(=O)Nc1ccc(C)cc1C. The summed E-state index contributed by atoms with van der Waals surface area (Å²) < 4.78 is 0. The molecule has 0 radical (unpaired) electrons. The summed E-state index contributed by atoms with van der Waals surface area (Å²) in [5.74, 6) is -0.350. The van der Waals surface area contributed by atoms with E-state index < -0.39 is 0 Å². The van der Waals surface area contributed by atoms with E-state index in [1.165, 1.54) is 6.92 Å². The third kappa shape index (κ3) is 4.46. The Balaban J connectivity index is 1.92. The zero-order chi connectivity index (χ0) is 20.1. The first-order chi connectivity index (χ1) is 13.5. The van der Waals surface area contributed by atoms with E-state index in [9.17, 15) is 9.59 Å². The second-order valence-corrected chi connectivity index (χ2v) is 6.88. The lowest BCUT2D eigenvalue weighted by molar-refractivity contribution is -0.116. The van der Waals surface area contributed by atoms with Gasteiger partial charge in [-0.05, 0) is 43.2 Å². The number of amides is 2. The molecule has 0 saturated heterocycles. The fraction of sp³-hybridized carbons (Fsp3) is 0.167. The van der Waals surface area contributed by atoms with E-state index in [-0.39, 0.29) is 11.8 Å². The van der Waals surface area contributed by atoms with Gasteiger partial charge in [-0.2, -0.15) is 0 Å². The lowest BCUT2D eigenvalue weighted by atomic mass is 10.1. The number of aryl methyl sites for hydroxylation is 2. The van der Waals surface area contributed by atoms with Gasteiger partial charge in [-0.25, -0.2) is 0 Å². The van der Waals surface area contributed by atoms with E-state index in [1.54, 1.807) is 23.1 Å². The van der Waals surface area contributed by atoms with E-state index in [0.717, 1.165) is 22.4 Å². The van der Waals surface area contributed by atoms with Crippen LogP contribution in [0.2, 0.25) is 0 Å². The Hall–Kier alpha value is -3.40. The molecule has 0 heterocycles. The van der Waals surface area contributed by atoms with Gasteiger partial charge in [-0.1, -0.05) is 60.2 Å². The Labute approximate surface area is 165 Å². The van der Waals surface area contributed by atoms with Gasteiger partial charge in [0, 0.05) is 12.6 Å². The molecule has 0 saturated carbocycles. The minimum absolute atomic E-state index is 0.115. The highest BCUT2D eigenvalue weighted by molar-refractivity contribution is 6.10. The summed E-state index contributed by atoms with van der Waals surface area (Å²) in [6.45, 7) is 5.90. The van der Waals surface area contributed by atoms with E-state index >= 15 is 0 Å². The van der Waals surface area contributed by atoms with Crippen LogP contribution in [-0.4, -0.2) is 11.8 Å². The van der Waals surface area contributed by atoms with E-state index in [2.05, 4.69) is 5.32 Å².